The molecule has 4 heteroatoms. The molecule has 3 aromatic rings. The molecule has 0 bridgehead atoms. The van der Waals surface area contributed by atoms with Gasteiger partial charge in [-0.3, -0.25) is 4.79 Å². The Hall–Kier alpha value is -3.27. The molecule has 3 rings (SSSR count). The summed E-state index contributed by atoms with van der Waals surface area (Å²) in [5.74, 6) is 0.114. The van der Waals surface area contributed by atoms with Crippen molar-refractivity contribution in [2.45, 2.75) is 6.42 Å². The third-order valence-electron chi connectivity index (χ3n) is 3.83. The summed E-state index contributed by atoms with van der Waals surface area (Å²) in [5, 5.41) is 3.25. The van der Waals surface area contributed by atoms with Gasteiger partial charge in [0.15, 0.2) is 0 Å². The van der Waals surface area contributed by atoms with E-state index in [-0.39, 0.29) is 0 Å². The largest absolute Gasteiger partial charge is 0.491 e. The second-order valence-electron chi connectivity index (χ2n) is 5.62. The van der Waals surface area contributed by atoms with Gasteiger partial charge in [-0.25, -0.2) is 0 Å². The maximum absolute atomic E-state index is 11.8. The van der Waals surface area contributed by atoms with Crippen LogP contribution in [0, 0.1) is 0 Å². The Kier molecular flexibility index (Phi) is 5.32. The van der Waals surface area contributed by atoms with Gasteiger partial charge in [0.05, 0.1) is 17.9 Å². The standard InChI is InChI=1S/C21H20N2O2/c22-21(24)18-12-7-13-19(20(18)23-17-10-5-2-6-11-17)25-15-14-16-8-3-1-4-9-16/h1-13,23H,14-15H2,(H2,22,24). The molecule has 0 saturated carbocycles. The van der Waals surface area contributed by atoms with Crippen LogP contribution in [-0.2, 0) is 6.42 Å². The van der Waals surface area contributed by atoms with Gasteiger partial charge in [-0.1, -0.05) is 54.6 Å². The van der Waals surface area contributed by atoms with E-state index in [1.54, 1.807) is 12.1 Å². The van der Waals surface area contributed by atoms with Crippen molar-refractivity contribution in [1.29, 1.82) is 0 Å². The van der Waals surface area contributed by atoms with E-state index >= 15 is 0 Å². The number of benzene rings is 3. The van der Waals surface area contributed by atoms with E-state index in [2.05, 4.69) is 17.4 Å². The van der Waals surface area contributed by atoms with Crippen molar-refractivity contribution in [2.75, 3.05) is 11.9 Å². The molecule has 0 heterocycles. The van der Waals surface area contributed by atoms with E-state index < -0.39 is 5.91 Å². The zero-order valence-electron chi connectivity index (χ0n) is 13.8. The summed E-state index contributed by atoms with van der Waals surface area (Å²) in [6, 6.07) is 25.0. The lowest BCUT2D eigenvalue weighted by molar-refractivity contribution is 0.100. The molecule has 0 radical (unpaired) electrons. The van der Waals surface area contributed by atoms with Crippen LogP contribution in [0.15, 0.2) is 78.9 Å². The highest BCUT2D eigenvalue weighted by atomic mass is 16.5. The maximum atomic E-state index is 11.8. The van der Waals surface area contributed by atoms with Crippen LogP contribution in [0.3, 0.4) is 0 Å². The van der Waals surface area contributed by atoms with Crippen molar-refractivity contribution >= 4 is 17.3 Å². The first-order valence-electron chi connectivity index (χ1n) is 8.15. The normalized spacial score (nSPS) is 10.2. The van der Waals surface area contributed by atoms with Crippen molar-refractivity contribution in [2.24, 2.45) is 5.73 Å². The fourth-order valence-electron chi connectivity index (χ4n) is 2.58. The summed E-state index contributed by atoms with van der Waals surface area (Å²) in [6.07, 6.45) is 0.784. The van der Waals surface area contributed by atoms with Crippen LogP contribution in [0.25, 0.3) is 0 Å². The molecule has 4 nitrogen and oxygen atoms in total. The van der Waals surface area contributed by atoms with Crippen molar-refractivity contribution < 1.29 is 9.53 Å². The van der Waals surface area contributed by atoms with Gasteiger partial charge in [0, 0.05) is 12.1 Å². The molecule has 0 unspecified atom stereocenters. The first-order valence-corrected chi connectivity index (χ1v) is 8.15. The minimum absolute atomic E-state index is 0.404. The summed E-state index contributed by atoms with van der Waals surface area (Å²) in [6.45, 7) is 0.510. The number of hydrogen-bond donors (Lipinski definition) is 2. The monoisotopic (exact) mass is 332 g/mol. The fourth-order valence-corrected chi connectivity index (χ4v) is 2.58. The third kappa shape index (κ3) is 4.38. The number of anilines is 2. The summed E-state index contributed by atoms with van der Waals surface area (Å²) < 4.78 is 5.93. The molecular weight excluding hydrogens is 312 g/mol. The molecule has 25 heavy (non-hydrogen) atoms. The molecule has 0 saturated heterocycles. The number of ether oxygens (including phenoxy) is 1. The number of rotatable bonds is 7. The molecule has 1 amide bonds. The zero-order chi connectivity index (χ0) is 17.5. The summed E-state index contributed by atoms with van der Waals surface area (Å²) >= 11 is 0. The van der Waals surface area contributed by atoms with E-state index in [1.807, 2.05) is 54.6 Å². The van der Waals surface area contributed by atoms with Gasteiger partial charge in [0.2, 0.25) is 0 Å². The number of nitrogens with two attached hydrogens (primary N) is 1. The van der Waals surface area contributed by atoms with Crippen LogP contribution >= 0.6 is 0 Å². The molecule has 0 fully saturated rings. The van der Waals surface area contributed by atoms with Crippen molar-refractivity contribution in [3.05, 3.63) is 90.0 Å². The van der Waals surface area contributed by atoms with Crippen molar-refractivity contribution in [1.82, 2.24) is 0 Å². The molecule has 126 valence electrons. The molecule has 0 spiro atoms. The molecule has 3 N–H and O–H groups in total. The predicted octanol–water partition coefficient (Wildman–Crippen LogP) is 4.15. The van der Waals surface area contributed by atoms with Crippen LogP contribution in [-0.4, -0.2) is 12.5 Å². The van der Waals surface area contributed by atoms with Gasteiger partial charge >= 0.3 is 0 Å². The molecular formula is C21H20N2O2. The fraction of sp³-hybridized carbons (Fsp3) is 0.0952. The highest BCUT2D eigenvalue weighted by molar-refractivity contribution is 6.00. The van der Waals surface area contributed by atoms with Gasteiger partial charge < -0.3 is 15.8 Å². The van der Waals surface area contributed by atoms with Crippen LogP contribution in [0.5, 0.6) is 5.75 Å². The quantitative estimate of drug-likeness (QED) is 0.683. The molecule has 0 aliphatic heterocycles. The molecule has 0 atom stereocenters. The van der Waals surface area contributed by atoms with Crippen LogP contribution in [0.1, 0.15) is 15.9 Å². The van der Waals surface area contributed by atoms with E-state index in [1.165, 1.54) is 5.56 Å². The average molecular weight is 332 g/mol. The third-order valence-corrected chi connectivity index (χ3v) is 3.83. The number of primary amides is 1. The lowest BCUT2D eigenvalue weighted by Gasteiger charge is -2.16. The van der Waals surface area contributed by atoms with Gasteiger partial charge in [0.1, 0.15) is 5.75 Å². The lowest BCUT2D eigenvalue weighted by Crippen LogP contribution is -2.14. The van der Waals surface area contributed by atoms with Crippen molar-refractivity contribution in [3.63, 3.8) is 0 Å². The van der Waals surface area contributed by atoms with Crippen LogP contribution < -0.4 is 15.8 Å². The molecule has 0 aliphatic carbocycles. The van der Waals surface area contributed by atoms with Gasteiger partial charge in [0.25, 0.3) is 5.91 Å². The van der Waals surface area contributed by atoms with Crippen LogP contribution in [0.4, 0.5) is 11.4 Å². The Labute approximate surface area is 147 Å². The van der Waals surface area contributed by atoms with Gasteiger partial charge in [-0.2, -0.15) is 0 Å². The lowest BCUT2D eigenvalue weighted by atomic mass is 10.1. The van der Waals surface area contributed by atoms with E-state index in [0.29, 0.717) is 23.6 Å². The summed E-state index contributed by atoms with van der Waals surface area (Å²) in [5.41, 5.74) is 8.58. The van der Waals surface area contributed by atoms with E-state index in [9.17, 15) is 4.79 Å². The van der Waals surface area contributed by atoms with E-state index in [4.69, 9.17) is 10.5 Å². The second-order valence-corrected chi connectivity index (χ2v) is 5.62. The minimum Gasteiger partial charge on any atom is -0.491 e. The zero-order valence-corrected chi connectivity index (χ0v) is 13.8. The first kappa shape index (κ1) is 16.6. The number of hydrogen-bond acceptors (Lipinski definition) is 3. The topological polar surface area (TPSA) is 64.4 Å². The maximum Gasteiger partial charge on any atom is 0.250 e. The number of amides is 1. The Balaban J connectivity index is 1.80. The van der Waals surface area contributed by atoms with Crippen LogP contribution in [0.2, 0.25) is 0 Å². The summed E-state index contributed by atoms with van der Waals surface area (Å²) in [4.78, 5) is 11.8. The number of carbonyl (C=O) groups is 1. The average Bonchev–Trinajstić information content (AvgIpc) is 2.64. The first-order chi connectivity index (χ1) is 12.2. The predicted molar refractivity (Wildman–Crippen MR) is 100 cm³/mol. The number of carbonyl (C=O) groups excluding carboxylic acids is 1. The van der Waals surface area contributed by atoms with Gasteiger partial charge in [-0.05, 0) is 29.8 Å². The molecule has 3 aromatic carbocycles. The van der Waals surface area contributed by atoms with Gasteiger partial charge in [-0.15, -0.1) is 0 Å². The Morgan fingerprint density at radius 3 is 2.24 bits per heavy atom. The minimum atomic E-state index is -0.494. The highest BCUT2D eigenvalue weighted by Crippen LogP contribution is 2.31. The molecule has 0 aromatic heterocycles. The Bertz CT molecular complexity index is 833. The Morgan fingerprint density at radius 1 is 0.880 bits per heavy atom. The Morgan fingerprint density at radius 2 is 1.56 bits per heavy atom. The number of nitrogens with one attached hydrogen (secondary N) is 1. The molecule has 0 aliphatic rings. The summed E-state index contributed by atoms with van der Waals surface area (Å²) in [7, 11) is 0. The number of para-hydroxylation sites is 2. The van der Waals surface area contributed by atoms with Crippen molar-refractivity contribution in [3.8, 4) is 5.75 Å². The SMILES string of the molecule is NC(=O)c1cccc(OCCc2ccccc2)c1Nc1ccccc1. The second kappa shape index (κ2) is 8.02. The highest BCUT2D eigenvalue weighted by Gasteiger charge is 2.14. The smallest absolute Gasteiger partial charge is 0.250 e. The van der Waals surface area contributed by atoms with E-state index in [0.717, 1.165) is 12.1 Å².